The topological polar surface area (TPSA) is 52.7 Å². The Morgan fingerprint density at radius 2 is 1.83 bits per heavy atom. The largest absolute Gasteiger partial charge is 0.315 e. The maximum Gasteiger partial charge on any atom is 0.218 e. The summed E-state index contributed by atoms with van der Waals surface area (Å²) in [4.78, 5) is 2.20. The molecule has 0 bridgehead atoms. The van der Waals surface area contributed by atoms with Gasteiger partial charge in [0.1, 0.15) is 0 Å². The molecule has 0 saturated carbocycles. The van der Waals surface area contributed by atoms with Crippen molar-refractivity contribution in [1.82, 2.24) is 14.5 Å². The maximum absolute atomic E-state index is 12.5. The molecule has 1 atom stereocenters. The summed E-state index contributed by atoms with van der Waals surface area (Å²) < 4.78 is 26.7. The minimum Gasteiger partial charge on any atom is -0.315 e. The van der Waals surface area contributed by atoms with Gasteiger partial charge in [-0.2, -0.15) is 0 Å². The van der Waals surface area contributed by atoms with E-state index in [1.165, 1.54) is 0 Å². The Morgan fingerprint density at radius 1 is 1.17 bits per heavy atom. The van der Waals surface area contributed by atoms with Crippen molar-refractivity contribution in [2.24, 2.45) is 0 Å². The summed E-state index contributed by atoms with van der Waals surface area (Å²) in [5.74, 6) is 0. The van der Waals surface area contributed by atoms with Gasteiger partial charge < -0.3 is 10.2 Å². The van der Waals surface area contributed by atoms with Crippen LogP contribution in [0.2, 0.25) is 0 Å². The molecular weight excluding hydrogens is 250 g/mol. The molecule has 2 aliphatic rings. The fourth-order valence-electron chi connectivity index (χ4n) is 2.90. The van der Waals surface area contributed by atoms with Crippen LogP contribution in [-0.4, -0.2) is 69.2 Å². The summed E-state index contributed by atoms with van der Waals surface area (Å²) in [7, 11) is 1.06. The Morgan fingerprint density at radius 3 is 2.33 bits per heavy atom. The molecule has 2 saturated heterocycles. The average Bonchev–Trinajstić information content (AvgIpc) is 2.40. The molecule has 2 aliphatic heterocycles. The highest BCUT2D eigenvalue weighted by molar-refractivity contribution is 7.89. The molecule has 1 unspecified atom stereocenters. The highest BCUT2D eigenvalue weighted by Gasteiger charge is 2.35. The zero-order chi connectivity index (χ0) is 13.2. The van der Waals surface area contributed by atoms with Crippen LogP contribution in [0.1, 0.15) is 25.7 Å². The van der Waals surface area contributed by atoms with Crippen LogP contribution in [-0.2, 0) is 10.0 Å². The predicted molar refractivity (Wildman–Crippen MR) is 73.1 cm³/mol. The highest BCUT2D eigenvalue weighted by atomic mass is 32.2. The van der Waals surface area contributed by atoms with Gasteiger partial charge in [-0.3, -0.25) is 0 Å². The lowest BCUT2D eigenvalue weighted by molar-refractivity contribution is 0.195. The lowest BCUT2D eigenvalue weighted by Gasteiger charge is -2.37. The molecule has 0 aromatic heterocycles. The molecule has 0 aromatic rings. The number of nitrogens with one attached hydrogen (secondary N) is 1. The molecule has 0 spiro atoms. The van der Waals surface area contributed by atoms with Crippen LogP contribution < -0.4 is 5.32 Å². The van der Waals surface area contributed by atoms with Gasteiger partial charge in [-0.15, -0.1) is 0 Å². The first-order valence-corrected chi connectivity index (χ1v) is 8.38. The molecule has 106 valence electrons. The number of rotatable bonds is 3. The minimum atomic E-state index is -3.08. The number of sulfonamides is 1. The highest BCUT2D eigenvalue weighted by Crippen LogP contribution is 2.22. The average molecular weight is 275 g/mol. The van der Waals surface area contributed by atoms with E-state index < -0.39 is 10.0 Å². The predicted octanol–water partition coefficient (Wildman–Crippen LogP) is 0.0942. The molecule has 5 nitrogen and oxygen atoms in total. The van der Waals surface area contributed by atoms with E-state index in [2.05, 4.69) is 24.3 Å². The van der Waals surface area contributed by atoms with Gasteiger partial charge in [0.25, 0.3) is 0 Å². The van der Waals surface area contributed by atoms with Crippen molar-refractivity contribution in [2.75, 3.05) is 40.3 Å². The Hall–Kier alpha value is -0.170. The number of hydrogen-bond acceptors (Lipinski definition) is 4. The second-order valence-corrected chi connectivity index (χ2v) is 7.82. The van der Waals surface area contributed by atoms with Gasteiger partial charge in [0.2, 0.25) is 10.0 Å². The molecule has 2 fully saturated rings. The summed E-state index contributed by atoms with van der Waals surface area (Å²) in [6.45, 7) is 2.94. The molecule has 0 radical (unpaired) electrons. The summed E-state index contributed by atoms with van der Waals surface area (Å²) in [6.07, 6.45) is 3.68. The minimum absolute atomic E-state index is 0.206. The van der Waals surface area contributed by atoms with Crippen molar-refractivity contribution in [1.29, 1.82) is 0 Å². The molecule has 0 aromatic carbocycles. The molecular formula is C12H25N3O2S. The maximum atomic E-state index is 12.5. The van der Waals surface area contributed by atoms with Gasteiger partial charge in [0.05, 0.1) is 5.25 Å². The number of hydrogen-bond donors (Lipinski definition) is 1. The van der Waals surface area contributed by atoms with Crippen LogP contribution in [0.25, 0.3) is 0 Å². The van der Waals surface area contributed by atoms with Crippen LogP contribution in [0.15, 0.2) is 0 Å². The zero-order valence-corrected chi connectivity index (χ0v) is 12.2. The van der Waals surface area contributed by atoms with Crippen LogP contribution >= 0.6 is 0 Å². The Labute approximate surface area is 111 Å². The number of nitrogens with zero attached hydrogens (tertiary/aromatic N) is 2. The molecule has 0 aliphatic carbocycles. The summed E-state index contributed by atoms with van der Waals surface area (Å²) in [5, 5.41) is 2.99. The lowest BCUT2D eigenvalue weighted by atomic mass is 10.1. The standard InChI is InChI=1S/C12H25N3O2S/c1-14(2)11-5-8-15(9-6-11)18(16,17)12-4-3-7-13-10-12/h11-13H,3-10H2,1-2H3. The summed E-state index contributed by atoms with van der Waals surface area (Å²) in [6, 6.07) is 0.529. The smallest absolute Gasteiger partial charge is 0.218 e. The molecule has 2 rings (SSSR count). The van der Waals surface area contributed by atoms with Crippen molar-refractivity contribution < 1.29 is 8.42 Å². The molecule has 1 N–H and O–H groups in total. The second kappa shape index (κ2) is 5.86. The summed E-state index contributed by atoms with van der Waals surface area (Å²) >= 11 is 0. The Kier molecular flexibility index (Phi) is 4.64. The van der Waals surface area contributed by atoms with Gasteiger partial charge in [-0.25, -0.2) is 12.7 Å². The summed E-state index contributed by atoms with van der Waals surface area (Å²) in [5.41, 5.74) is 0. The number of piperidine rings is 2. The fourth-order valence-corrected chi connectivity index (χ4v) is 4.83. The van der Waals surface area contributed by atoms with E-state index in [0.717, 1.165) is 32.2 Å². The van der Waals surface area contributed by atoms with E-state index in [9.17, 15) is 8.42 Å². The van der Waals surface area contributed by atoms with Crippen molar-refractivity contribution in [3.05, 3.63) is 0 Å². The SMILES string of the molecule is CN(C)C1CCN(S(=O)(=O)C2CCCNC2)CC1. The fraction of sp³-hybridized carbons (Fsp3) is 1.00. The Bertz CT molecular complexity index is 356. The monoisotopic (exact) mass is 275 g/mol. The third-order valence-corrected chi connectivity index (χ3v) is 6.52. The van der Waals surface area contributed by atoms with Crippen LogP contribution in [0, 0.1) is 0 Å². The van der Waals surface area contributed by atoms with Crippen molar-refractivity contribution >= 4 is 10.0 Å². The van der Waals surface area contributed by atoms with Crippen LogP contribution in [0.4, 0.5) is 0 Å². The van der Waals surface area contributed by atoms with E-state index in [4.69, 9.17) is 0 Å². The first-order chi connectivity index (χ1) is 8.51. The normalized spacial score (nSPS) is 28.7. The van der Waals surface area contributed by atoms with Gasteiger partial charge in [-0.1, -0.05) is 0 Å². The van der Waals surface area contributed by atoms with E-state index in [1.807, 2.05) is 0 Å². The van der Waals surface area contributed by atoms with Crippen molar-refractivity contribution in [3.63, 3.8) is 0 Å². The molecule has 0 amide bonds. The molecule has 18 heavy (non-hydrogen) atoms. The van der Waals surface area contributed by atoms with Crippen molar-refractivity contribution in [3.8, 4) is 0 Å². The Balaban J connectivity index is 1.95. The van der Waals surface area contributed by atoms with Gasteiger partial charge in [0, 0.05) is 25.7 Å². The first kappa shape index (κ1) is 14.2. The van der Waals surface area contributed by atoms with E-state index in [0.29, 0.717) is 25.7 Å². The zero-order valence-electron chi connectivity index (χ0n) is 11.4. The van der Waals surface area contributed by atoms with Crippen LogP contribution in [0.5, 0.6) is 0 Å². The van der Waals surface area contributed by atoms with E-state index >= 15 is 0 Å². The lowest BCUT2D eigenvalue weighted by Crippen LogP contribution is -2.50. The van der Waals surface area contributed by atoms with Crippen LogP contribution in [0.3, 0.4) is 0 Å². The quantitative estimate of drug-likeness (QED) is 0.793. The molecule has 6 heteroatoms. The molecule has 2 heterocycles. The van der Waals surface area contributed by atoms with E-state index in [1.54, 1.807) is 4.31 Å². The van der Waals surface area contributed by atoms with Gasteiger partial charge >= 0.3 is 0 Å². The first-order valence-electron chi connectivity index (χ1n) is 6.88. The second-order valence-electron chi connectivity index (χ2n) is 5.61. The third kappa shape index (κ3) is 3.04. The van der Waals surface area contributed by atoms with E-state index in [-0.39, 0.29) is 5.25 Å². The van der Waals surface area contributed by atoms with Gasteiger partial charge in [0.15, 0.2) is 0 Å². The third-order valence-electron chi connectivity index (χ3n) is 4.19. The van der Waals surface area contributed by atoms with Crippen molar-refractivity contribution in [2.45, 2.75) is 37.0 Å². The van der Waals surface area contributed by atoms with Gasteiger partial charge in [-0.05, 0) is 46.3 Å².